The van der Waals surface area contributed by atoms with Gasteiger partial charge in [-0.25, -0.2) is 0 Å². The van der Waals surface area contributed by atoms with Gasteiger partial charge in [-0.15, -0.1) is 0 Å². The molecule has 1 rings (SSSR count). The molecule has 0 aliphatic rings. The van der Waals surface area contributed by atoms with Gasteiger partial charge in [0.25, 0.3) is 0 Å². The van der Waals surface area contributed by atoms with Crippen LogP contribution in [0.2, 0.25) is 0 Å². The number of esters is 1. The lowest BCUT2D eigenvalue weighted by molar-refractivity contribution is -0.146. The molecule has 0 bridgehead atoms. The van der Waals surface area contributed by atoms with E-state index in [1.807, 2.05) is 12.1 Å². The van der Waals surface area contributed by atoms with Crippen molar-refractivity contribution in [1.82, 2.24) is 5.32 Å². The fraction of sp³-hybridized carbons (Fsp3) is 0.500. The lowest BCUT2D eigenvalue weighted by atomic mass is 9.90. The third-order valence-electron chi connectivity index (χ3n) is 3.96. The molecule has 1 unspecified atom stereocenters. The van der Waals surface area contributed by atoms with Crippen LogP contribution in [0.4, 0.5) is 0 Å². The first-order valence-corrected chi connectivity index (χ1v) is 8.63. The average Bonchev–Trinajstić information content (AvgIpc) is 2.59. The Balaban J connectivity index is 2.53. The van der Waals surface area contributed by atoms with Gasteiger partial charge in [-0.3, -0.25) is 14.4 Å². The van der Waals surface area contributed by atoms with E-state index in [9.17, 15) is 14.4 Å². The Kier molecular flexibility index (Phi) is 7.98. The van der Waals surface area contributed by atoms with Crippen molar-refractivity contribution in [1.29, 1.82) is 5.26 Å². The number of nitrogens with zero attached hydrogens (tertiary/aromatic N) is 1. The second-order valence-electron chi connectivity index (χ2n) is 6.92. The van der Waals surface area contributed by atoms with E-state index in [0.29, 0.717) is 24.9 Å². The Hall–Kier alpha value is -2.68. The Labute approximate surface area is 154 Å². The molecule has 6 heteroatoms. The lowest BCUT2D eigenvalue weighted by Gasteiger charge is -2.16. The van der Waals surface area contributed by atoms with Gasteiger partial charge in [-0.05, 0) is 39.2 Å². The van der Waals surface area contributed by atoms with E-state index in [-0.39, 0.29) is 18.1 Å². The van der Waals surface area contributed by atoms with Crippen molar-refractivity contribution in [3.8, 4) is 6.07 Å². The summed E-state index contributed by atoms with van der Waals surface area (Å²) in [6.07, 6.45) is 0.276. The van der Waals surface area contributed by atoms with Crippen molar-refractivity contribution in [3.05, 3.63) is 35.4 Å². The van der Waals surface area contributed by atoms with Crippen LogP contribution < -0.4 is 5.32 Å². The maximum Gasteiger partial charge on any atom is 0.306 e. The van der Waals surface area contributed by atoms with Crippen LogP contribution in [0.3, 0.4) is 0 Å². The van der Waals surface area contributed by atoms with Crippen molar-refractivity contribution < 1.29 is 19.1 Å². The zero-order valence-corrected chi connectivity index (χ0v) is 15.8. The van der Waals surface area contributed by atoms with Gasteiger partial charge in [0.1, 0.15) is 0 Å². The standard InChI is InChI=1S/C20H26N2O4/c1-14(26-18(24)9-11-20(3,4)13-21)19(25)17-7-5-16(6-8-17)10-12-22-15(2)23/h5-8,14H,9-12H2,1-4H3,(H,22,23). The highest BCUT2D eigenvalue weighted by Crippen LogP contribution is 2.21. The highest BCUT2D eigenvalue weighted by atomic mass is 16.5. The summed E-state index contributed by atoms with van der Waals surface area (Å²) in [7, 11) is 0. The number of carbonyl (C=O) groups is 3. The van der Waals surface area contributed by atoms with Crippen molar-refractivity contribution >= 4 is 17.7 Å². The van der Waals surface area contributed by atoms with E-state index in [0.717, 1.165) is 5.56 Å². The summed E-state index contributed by atoms with van der Waals surface area (Å²) in [6, 6.07) is 9.14. The summed E-state index contributed by atoms with van der Waals surface area (Å²) < 4.78 is 5.18. The molecule has 140 valence electrons. The van der Waals surface area contributed by atoms with E-state index in [4.69, 9.17) is 10.00 Å². The van der Waals surface area contributed by atoms with Gasteiger partial charge in [0.2, 0.25) is 11.7 Å². The number of carbonyl (C=O) groups excluding carboxylic acids is 3. The molecule has 0 fully saturated rings. The summed E-state index contributed by atoms with van der Waals surface area (Å²) in [5.41, 5.74) is 0.865. The summed E-state index contributed by atoms with van der Waals surface area (Å²) >= 11 is 0. The number of ketones is 1. The number of nitrogens with one attached hydrogen (secondary N) is 1. The first-order chi connectivity index (χ1) is 12.1. The number of ether oxygens (including phenoxy) is 1. The van der Waals surface area contributed by atoms with Gasteiger partial charge >= 0.3 is 5.97 Å². The minimum atomic E-state index is -0.877. The van der Waals surface area contributed by atoms with Crippen LogP contribution in [-0.2, 0) is 20.7 Å². The van der Waals surface area contributed by atoms with Crippen LogP contribution in [-0.4, -0.2) is 30.3 Å². The molecule has 1 aromatic rings. The number of rotatable bonds is 9. The molecule has 26 heavy (non-hydrogen) atoms. The summed E-state index contributed by atoms with van der Waals surface area (Å²) in [5.74, 6) is -0.835. The third kappa shape index (κ3) is 7.47. The van der Waals surface area contributed by atoms with E-state index in [2.05, 4.69) is 11.4 Å². The quantitative estimate of drug-likeness (QED) is 0.541. The normalized spacial score (nSPS) is 12.0. The second kappa shape index (κ2) is 9.71. The third-order valence-corrected chi connectivity index (χ3v) is 3.96. The van der Waals surface area contributed by atoms with Crippen molar-refractivity contribution in [2.24, 2.45) is 5.41 Å². The zero-order chi connectivity index (χ0) is 19.7. The molecule has 0 aliphatic carbocycles. The summed E-state index contributed by atoms with van der Waals surface area (Å²) in [6.45, 7) is 7.05. The Bertz CT molecular complexity index is 687. The molecule has 0 heterocycles. The minimum Gasteiger partial charge on any atom is -0.454 e. The number of Topliss-reactive ketones (excluding diaryl/α,β-unsaturated/α-hetero) is 1. The molecule has 0 aromatic heterocycles. The summed E-state index contributed by atoms with van der Waals surface area (Å²) in [4.78, 5) is 35.1. The largest absolute Gasteiger partial charge is 0.454 e. The fourth-order valence-electron chi connectivity index (χ4n) is 2.23. The van der Waals surface area contributed by atoms with Gasteiger partial charge in [0.05, 0.1) is 11.5 Å². The first kappa shape index (κ1) is 21.4. The second-order valence-corrected chi connectivity index (χ2v) is 6.92. The minimum absolute atomic E-state index is 0.0782. The van der Waals surface area contributed by atoms with Gasteiger partial charge in [0, 0.05) is 25.5 Å². The van der Waals surface area contributed by atoms with Crippen LogP contribution in [0.15, 0.2) is 24.3 Å². The van der Waals surface area contributed by atoms with Gasteiger partial charge < -0.3 is 10.1 Å². The van der Waals surface area contributed by atoms with Crippen LogP contribution in [0.25, 0.3) is 0 Å². The Morgan fingerprint density at radius 1 is 1.23 bits per heavy atom. The molecule has 0 radical (unpaired) electrons. The smallest absolute Gasteiger partial charge is 0.306 e. The molecule has 6 nitrogen and oxygen atoms in total. The van der Waals surface area contributed by atoms with Crippen LogP contribution in [0.1, 0.15) is 56.5 Å². The van der Waals surface area contributed by atoms with Crippen molar-refractivity contribution in [3.63, 3.8) is 0 Å². The molecular formula is C20H26N2O4. The highest BCUT2D eigenvalue weighted by molar-refractivity contribution is 6.00. The molecule has 0 saturated carbocycles. The average molecular weight is 358 g/mol. The number of nitriles is 1. The fourth-order valence-corrected chi connectivity index (χ4v) is 2.23. The predicted octanol–water partition coefficient (Wildman–Crippen LogP) is 2.81. The van der Waals surface area contributed by atoms with Crippen LogP contribution in [0, 0.1) is 16.7 Å². The molecule has 0 aliphatic heterocycles. The molecule has 1 amide bonds. The van der Waals surface area contributed by atoms with E-state index >= 15 is 0 Å². The Morgan fingerprint density at radius 2 is 1.85 bits per heavy atom. The molecule has 1 atom stereocenters. The highest BCUT2D eigenvalue weighted by Gasteiger charge is 2.22. The zero-order valence-electron chi connectivity index (χ0n) is 15.8. The first-order valence-electron chi connectivity index (χ1n) is 8.63. The van der Waals surface area contributed by atoms with Crippen LogP contribution in [0.5, 0.6) is 0 Å². The SMILES string of the molecule is CC(=O)NCCc1ccc(C(=O)C(C)OC(=O)CCC(C)(C)C#N)cc1. The summed E-state index contributed by atoms with van der Waals surface area (Å²) in [5, 5.41) is 11.7. The monoisotopic (exact) mass is 358 g/mol. The number of amides is 1. The molecular weight excluding hydrogens is 332 g/mol. The molecule has 0 saturated heterocycles. The van der Waals surface area contributed by atoms with Crippen molar-refractivity contribution in [2.45, 2.75) is 53.1 Å². The van der Waals surface area contributed by atoms with E-state index in [1.54, 1.807) is 32.9 Å². The van der Waals surface area contributed by atoms with Gasteiger partial charge in [0.15, 0.2) is 6.10 Å². The van der Waals surface area contributed by atoms with Crippen LogP contribution >= 0.6 is 0 Å². The van der Waals surface area contributed by atoms with E-state index < -0.39 is 17.5 Å². The molecule has 1 aromatic carbocycles. The predicted molar refractivity (Wildman–Crippen MR) is 97.3 cm³/mol. The number of hydrogen-bond acceptors (Lipinski definition) is 5. The number of hydrogen-bond donors (Lipinski definition) is 1. The van der Waals surface area contributed by atoms with E-state index in [1.165, 1.54) is 6.92 Å². The lowest BCUT2D eigenvalue weighted by Crippen LogP contribution is -2.25. The number of benzene rings is 1. The van der Waals surface area contributed by atoms with Gasteiger partial charge in [-0.2, -0.15) is 5.26 Å². The topological polar surface area (TPSA) is 96.3 Å². The van der Waals surface area contributed by atoms with Gasteiger partial charge in [-0.1, -0.05) is 24.3 Å². The maximum absolute atomic E-state index is 12.4. The Morgan fingerprint density at radius 3 is 2.38 bits per heavy atom. The van der Waals surface area contributed by atoms with Crippen molar-refractivity contribution in [2.75, 3.05) is 6.54 Å². The maximum atomic E-state index is 12.4. The molecule has 1 N–H and O–H groups in total. The molecule has 0 spiro atoms.